The van der Waals surface area contributed by atoms with E-state index >= 15 is 0 Å². The molecular formula is C8H14F2N2. The molecule has 0 aromatic carbocycles. The third kappa shape index (κ3) is 1.33. The second-order valence-electron chi connectivity index (χ2n) is 3.95. The molecule has 2 bridgehead atoms. The molecule has 2 fully saturated rings. The van der Waals surface area contributed by atoms with E-state index in [-0.39, 0.29) is 12.6 Å². The number of fused-ring (bicyclic) bond motifs is 2. The highest BCUT2D eigenvalue weighted by atomic mass is 19.3. The Morgan fingerprint density at radius 1 is 1.42 bits per heavy atom. The molecule has 12 heavy (non-hydrogen) atoms. The summed E-state index contributed by atoms with van der Waals surface area (Å²) >= 11 is 0. The highest BCUT2D eigenvalue weighted by Gasteiger charge is 2.46. The summed E-state index contributed by atoms with van der Waals surface area (Å²) in [5, 5.41) is 2.98. The molecule has 2 atom stereocenters. The number of likely N-dealkylation sites (tertiary alicyclic amines) is 1. The summed E-state index contributed by atoms with van der Waals surface area (Å²) in [4.78, 5) is 1.72. The number of likely N-dealkylation sites (N-methyl/N-ethyl adjacent to an activating group) is 1. The van der Waals surface area contributed by atoms with Crippen LogP contribution in [0.25, 0.3) is 0 Å². The first-order valence-corrected chi connectivity index (χ1v) is 4.40. The predicted molar refractivity (Wildman–Crippen MR) is 42.4 cm³/mol. The van der Waals surface area contributed by atoms with Gasteiger partial charge in [-0.1, -0.05) is 0 Å². The van der Waals surface area contributed by atoms with Gasteiger partial charge in [0, 0.05) is 12.6 Å². The van der Waals surface area contributed by atoms with Crippen LogP contribution in [-0.4, -0.2) is 43.0 Å². The molecule has 0 spiro atoms. The summed E-state index contributed by atoms with van der Waals surface area (Å²) in [5.74, 6) is -2.54. The Bertz CT molecular complexity index is 184. The quantitative estimate of drug-likeness (QED) is 0.584. The number of rotatable bonds is 0. The Balaban J connectivity index is 2.16. The van der Waals surface area contributed by atoms with Crippen molar-refractivity contribution < 1.29 is 8.78 Å². The fourth-order valence-corrected chi connectivity index (χ4v) is 2.21. The summed E-state index contributed by atoms with van der Waals surface area (Å²) in [6.45, 7) is 0.660. The van der Waals surface area contributed by atoms with Gasteiger partial charge in [0.05, 0.1) is 12.6 Å². The second kappa shape index (κ2) is 2.64. The van der Waals surface area contributed by atoms with E-state index in [1.54, 1.807) is 11.9 Å². The number of hydrogen-bond acceptors (Lipinski definition) is 2. The van der Waals surface area contributed by atoms with Crippen LogP contribution >= 0.6 is 0 Å². The maximum atomic E-state index is 13.3. The van der Waals surface area contributed by atoms with Crippen molar-refractivity contribution in [2.45, 2.75) is 30.8 Å². The number of halogens is 2. The van der Waals surface area contributed by atoms with Gasteiger partial charge >= 0.3 is 0 Å². The molecule has 0 saturated carbocycles. The number of nitrogens with zero attached hydrogens (tertiary/aromatic N) is 1. The van der Waals surface area contributed by atoms with Crippen LogP contribution in [0.5, 0.6) is 0 Å². The zero-order valence-corrected chi connectivity index (χ0v) is 7.19. The third-order valence-electron chi connectivity index (χ3n) is 2.76. The molecule has 2 aliphatic rings. The summed E-state index contributed by atoms with van der Waals surface area (Å²) < 4.78 is 26.6. The summed E-state index contributed by atoms with van der Waals surface area (Å²) in [5.41, 5.74) is 0. The molecule has 0 aliphatic carbocycles. The Hall–Kier alpha value is -0.220. The van der Waals surface area contributed by atoms with Gasteiger partial charge < -0.3 is 5.32 Å². The van der Waals surface area contributed by atoms with Gasteiger partial charge in [0.1, 0.15) is 0 Å². The molecule has 4 heteroatoms. The van der Waals surface area contributed by atoms with Gasteiger partial charge in [0.25, 0.3) is 5.92 Å². The van der Waals surface area contributed by atoms with E-state index in [9.17, 15) is 8.78 Å². The molecule has 2 heterocycles. The molecular weight excluding hydrogens is 162 g/mol. The smallest absolute Gasteiger partial charge is 0.275 e. The molecule has 2 aliphatic heterocycles. The van der Waals surface area contributed by atoms with Crippen LogP contribution in [0.4, 0.5) is 8.78 Å². The van der Waals surface area contributed by atoms with Crippen LogP contribution in [0, 0.1) is 0 Å². The van der Waals surface area contributed by atoms with Gasteiger partial charge in [-0.05, 0) is 19.9 Å². The van der Waals surface area contributed by atoms with Gasteiger partial charge in [-0.3, -0.25) is 4.90 Å². The minimum Gasteiger partial charge on any atom is -0.305 e. The first-order valence-electron chi connectivity index (χ1n) is 4.40. The average molecular weight is 176 g/mol. The van der Waals surface area contributed by atoms with Gasteiger partial charge in [0.15, 0.2) is 0 Å². The SMILES string of the molecule is CN1CC2CCC(N2)C(F)(F)C1. The van der Waals surface area contributed by atoms with Crippen LogP contribution in [0.1, 0.15) is 12.8 Å². The predicted octanol–water partition coefficient (Wildman–Crippen LogP) is 0.688. The van der Waals surface area contributed by atoms with E-state index in [0.29, 0.717) is 6.42 Å². The van der Waals surface area contributed by atoms with E-state index in [0.717, 1.165) is 13.0 Å². The van der Waals surface area contributed by atoms with E-state index in [4.69, 9.17) is 0 Å². The van der Waals surface area contributed by atoms with Gasteiger partial charge in [0.2, 0.25) is 0 Å². The van der Waals surface area contributed by atoms with Crippen molar-refractivity contribution in [2.24, 2.45) is 0 Å². The molecule has 0 radical (unpaired) electrons. The molecule has 2 nitrogen and oxygen atoms in total. The first-order chi connectivity index (χ1) is 5.58. The molecule has 2 saturated heterocycles. The molecule has 2 rings (SSSR count). The van der Waals surface area contributed by atoms with Crippen molar-refractivity contribution in [3.63, 3.8) is 0 Å². The van der Waals surface area contributed by atoms with Crippen LogP contribution < -0.4 is 5.32 Å². The molecule has 0 aromatic rings. The van der Waals surface area contributed by atoms with Crippen LogP contribution in [0.3, 0.4) is 0 Å². The van der Waals surface area contributed by atoms with Crippen LogP contribution in [0.2, 0.25) is 0 Å². The first kappa shape index (κ1) is 8.38. The van der Waals surface area contributed by atoms with E-state index < -0.39 is 12.0 Å². The Labute approximate surface area is 70.9 Å². The zero-order chi connectivity index (χ0) is 8.77. The second-order valence-corrected chi connectivity index (χ2v) is 3.95. The monoisotopic (exact) mass is 176 g/mol. The highest BCUT2D eigenvalue weighted by Crippen LogP contribution is 2.31. The van der Waals surface area contributed by atoms with E-state index in [1.807, 2.05) is 0 Å². The van der Waals surface area contributed by atoms with E-state index in [2.05, 4.69) is 5.32 Å². The molecule has 70 valence electrons. The standard InChI is InChI=1S/C8H14F2N2/c1-12-4-6-2-3-7(11-6)8(9,10)5-12/h6-7,11H,2-5H2,1H3. The summed E-state index contributed by atoms with van der Waals surface area (Å²) in [6, 6.07) is -0.291. The summed E-state index contributed by atoms with van der Waals surface area (Å²) in [7, 11) is 1.76. The van der Waals surface area contributed by atoms with Crippen molar-refractivity contribution >= 4 is 0 Å². The van der Waals surface area contributed by atoms with Gasteiger partial charge in [-0.25, -0.2) is 8.78 Å². The maximum absolute atomic E-state index is 13.3. The van der Waals surface area contributed by atoms with Crippen LogP contribution in [-0.2, 0) is 0 Å². The lowest BCUT2D eigenvalue weighted by Gasteiger charge is -2.25. The van der Waals surface area contributed by atoms with Crippen molar-refractivity contribution in [3.8, 4) is 0 Å². The Morgan fingerprint density at radius 3 is 2.92 bits per heavy atom. The highest BCUT2D eigenvalue weighted by molar-refractivity contribution is 4.97. The fourth-order valence-electron chi connectivity index (χ4n) is 2.21. The van der Waals surface area contributed by atoms with Crippen molar-refractivity contribution in [1.29, 1.82) is 0 Å². The summed E-state index contributed by atoms with van der Waals surface area (Å²) in [6.07, 6.45) is 1.52. The van der Waals surface area contributed by atoms with Gasteiger partial charge in [-0.15, -0.1) is 0 Å². The fraction of sp³-hybridized carbons (Fsp3) is 1.00. The average Bonchev–Trinajstić information content (AvgIpc) is 2.29. The lowest BCUT2D eigenvalue weighted by Crippen LogP contribution is -2.44. The number of nitrogens with one attached hydrogen (secondary N) is 1. The minimum atomic E-state index is -2.54. The normalized spacial score (nSPS) is 41.2. The van der Waals surface area contributed by atoms with Crippen molar-refractivity contribution in [1.82, 2.24) is 10.2 Å². The van der Waals surface area contributed by atoms with Crippen molar-refractivity contribution in [2.75, 3.05) is 20.1 Å². The molecule has 1 N–H and O–H groups in total. The lowest BCUT2D eigenvalue weighted by atomic mass is 10.1. The zero-order valence-electron chi connectivity index (χ0n) is 7.19. The number of alkyl halides is 2. The lowest BCUT2D eigenvalue weighted by molar-refractivity contribution is -0.0467. The molecule has 0 amide bonds. The largest absolute Gasteiger partial charge is 0.305 e. The Kier molecular flexibility index (Phi) is 1.84. The number of hydrogen-bond donors (Lipinski definition) is 1. The van der Waals surface area contributed by atoms with E-state index in [1.165, 1.54) is 0 Å². The van der Waals surface area contributed by atoms with Gasteiger partial charge in [-0.2, -0.15) is 0 Å². The Morgan fingerprint density at radius 2 is 2.17 bits per heavy atom. The van der Waals surface area contributed by atoms with Crippen molar-refractivity contribution in [3.05, 3.63) is 0 Å². The topological polar surface area (TPSA) is 15.3 Å². The third-order valence-corrected chi connectivity index (χ3v) is 2.76. The molecule has 0 aromatic heterocycles. The van der Waals surface area contributed by atoms with Crippen LogP contribution in [0.15, 0.2) is 0 Å². The molecule has 2 unspecified atom stereocenters. The minimum absolute atomic E-state index is 0.0961. The maximum Gasteiger partial charge on any atom is 0.275 e.